The third-order valence-electron chi connectivity index (χ3n) is 9.71. The highest BCUT2D eigenvalue weighted by Gasteiger charge is 2.56. The van der Waals surface area contributed by atoms with Crippen LogP contribution >= 0.6 is 0 Å². The summed E-state index contributed by atoms with van der Waals surface area (Å²) in [5.41, 5.74) is 3.90. The van der Waals surface area contributed by atoms with Crippen molar-refractivity contribution in [2.45, 2.75) is 73.0 Å². The number of amides is 2. The number of ketones is 1. The van der Waals surface area contributed by atoms with Crippen molar-refractivity contribution in [3.63, 3.8) is 0 Å². The van der Waals surface area contributed by atoms with Crippen LogP contribution in [0.4, 0.5) is 11.4 Å². The number of ether oxygens (including phenoxy) is 4. The van der Waals surface area contributed by atoms with Crippen LogP contribution in [0.15, 0.2) is 78.9 Å². The number of hydrogen-bond acceptors (Lipinski definition) is 8. The minimum absolute atomic E-state index is 0.289. The summed E-state index contributed by atoms with van der Waals surface area (Å²) in [6, 6.07) is 23.3. The number of para-hydroxylation sites is 4. The molecule has 10 nitrogen and oxygen atoms in total. The fourth-order valence-electron chi connectivity index (χ4n) is 7.07. The average Bonchev–Trinajstić information content (AvgIpc) is 3.11. The summed E-state index contributed by atoms with van der Waals surface area (Å²) in [4.78, 5) is 42.9. The summed E-state index contributed by atoms with van der Waals surface area (Å²) >= 11 is 0. The number of rotatable bonds is 14. The highest BCUT2D eigenvalue weighted by atomic mass is 16.5. The molecule has 3 N–H and O–H groups in total. The van der Waals surface area contributed by atoms with Crippen molar-refractivity contribution in [3.05, 3.63) is 107 Å². The lowest BCUT2D eigenvalue weighted by atomic mass is 9.61. The molecule has 10 heteroatoms. The Morgan fingerprint density at radius 3 is 1.85 bits per heavy atom. The number of Topliss-reactive ketones (excluding diaryl/α,β-unsaturated/α-hetero) is 1. The second kappa shape index (κ2) is 17.0. The summed E-state index contributed by atoms with van der Waals surface area (Å²) < 4.78 is 23.9. The van der Waals surface area contributed by atoms with Crippen molar-refractivity contribution < 1.29 is 38.4 Å². The van der Waals surface area contributed by atoms with Gasteiger partial charge < -0.3 is 34.7 Å². The van der Waals surface area contributed by atoms with Gasteiger partial charge in [0.05, 0.1) is 42.7 Å². The maximum Gasteiger partial charge on any atom is 0.235 e. The molecule has 280 valence electrons. The van der Waals surface area contributed by atoms with Crippen LogP contribution in [0.1, 0.15) is 67.9 Å². The Hall–Kier alpha value is -5.35. The van der Waals surface area contributed by atoms with Gasteiger partial charge in [0.15, 0.2) is 11.5 Å². The smallest absolute Gasteiger partial charge is 0.235 e. The molecule has 4 unspecified atom stereocenters. The van der Waals surface area contributed by atoms with E-state index in [0.29, 0.717) is 59.8 Å². The molecular weight excluding hydrogens is 672 g/mol. The van der Waals surface area contributed by atoms with Gasteiger partial charge in [-0.05, 0) is 113 Å². The van der Waals surface area contributed by atoms with E-state index < -0.39 is 47.4 Å². The summed E-state index contributed by atoms with van der Waals surface area (Å²) in [6.07, 6.45) is -0.422. The van der Waals surface area contributed by atoms with Gasteiger partial charge in [0.2, 0.25) is 11.8 Å². The van der Waals surface area contributed by atoms with E-state index in [1.807, 2.05) is 27.7 Å². The topological polar surface area (TPSA) is 132 Å². The van der Waals surface area contributed by atoms with E-state index in [-0.39, 0.29) is 6.61 Å². The van der Waals surface area contributed by atoms with Gasteiger partial charge in [0.25, 0.3) is 0 Å². The Balaban J connectivity index is 1.59. The fourth-order valence-corrected chi connectivity index (χ4v) is 7.07. The van der Waals surface area contributed by atoms with Crippen LogP contribution < -0.4 is 29.6 Å². The van der Waals surface area contributed by atoms with Gasteiger partial charge in [-0.25, -0.2) is 0 Å². The van der Waals surface area contributed by atoms with Gasteiger partial charge in [0.1, 0.15) is 29.8 Å². The highest BCUT2D eigenvalue weighted by Crippen LogP contribution is 2.48. The van der Waals surface area contributed by atoms with E-state index in [1.165, 1.54) is 12.5 Å². The van der Waals surface area contributed by atoms with Gasteiger partial charge in [-0.2, -0.15) is 0 Å². The highest BCUT2D eigenvalue weighted by molar-refractivity contribution is 6.11. The van der Waals surface area contributed by atoms with Crippen LogP contribution in [0.5, 0.6) is 23.0 Å². The van der Waals surface area contributed by atoms with Crippen molar-refractivity contribution in [2.24, 2.45) is 11.8 Å². The first kappa shape index (κ1) is 38.9. The van der Waals surface area contributed by atoms with Crippen LogP contribution in [0, 0.1) is 32.6 Å². The van der Waals surface area contributed by atoms with Gasteiger partial charge in [-0.1, -0.05) is 42.5 Å². The van der Waals surface area contributed by atoms with Crippen LogP contribution in [0.2, 0.25) is 0 Å². The van der Waals surface area contributed by atoms with Crippen LogP contribution in [-0.2, 0) is 21.0 Å². The molecule has 5 rings (SSSR count). The van der Waals surface area contributed by atoms with Crippen LogP contribution in [0.25, 0.3) is 0 Å². The van der Waals surface area contributed by atoms with Gasteiger partial charge in [0, 0.05) is 12.3 Å². The van der Waals surface area contributed by atoms with E-state index in [9.17, 15) is 19.5 Å². The third kappa shape index (κ3) is 8.83. The number of benzene rings is 4. The lowest BCUT2D eigenvalue weighted by Gasteiger charge is -2.44. The summed E-state index contributed by atoms with van der Waals surface area (Å²) in [7, 11) is 0. The summed E-state index contributed by atoms with van der Waals surface area (Å²) in [5.74, 6) is -3.70. The normalized spacial score (nSPS) is 19.6. The molecule has 53 heavy (non-hydrogen) atoms. The Kier molecular flexibility index (Phi) is 12.5. The predicted octanol–water partition coefficient (Wildman–Crippen LogP) is 7.70. The van der Waals surface area contributed by atoms with Crippen LogP contribution in [0.3, 0.4) is 0 Å². The third-order valence-corrected chi connectivity index (χ3v) is 9.71. The molecule has 0 saturated heterocycles. The number of aliphatic hydroxyl groups is 1. The maximum absolute atomic E-state index is 14.5. The number of carbonyl (C=O) groups is 3. The largest absolute Gasteiger partial charge is 0.492 e. The Morgan fingerprint density at radius 1 is 0.698 bits per heavy atom. The van der Waals surface area contributed by atoms with Gasteiger partial charge >= 0.3 is 0 Å². The van der Waals surface area contributed by atoms with Gasteiger partial charge in [-0.3, -0.25) is 14.4 Å². The molecule has 0 spiro atoms. The molecule has 1 aliphatic rings. The number of hydrogen-bond donors (Lipinski definition) is 3. The summed E-state index contributed by atoms with van der Waals surface area (Å²) in [5, 5.41) is 17.8. The van der Waals surface area contributed by atoms with Crippen molar-refractivity contribution in [1.82, 2.24) is 0 Å². The molecule has 1 fully saturated rings. The maximum atomic E-state index is 14.5. The molecule has 1 saturated carbocycles. The van der Waals surface area contributed by atoms with E-state index in [1.54, 1.807) is 66.7 Å². The molecule has 1 aliphatic carbocycles. The number of anilines is 2. The van der Waals surface area contributed by atoms with E-state index in [4.69, 9.17) is 18.9 Å². The second-order valence-electron chi connectivity index (χ2n) is 13.6. The molecule has 4 aromatic rings. The van der Waals surface area contributed by atoms with E-state index >= 15 is 0 Å². The Morgan fingerprint density at radius 2 is 1.25 bits per heavy atom. The molecule has 4 aromatic carbocycles. The molecular formula is C43H50N2O8. The lowest BCUT2D eigenvalue weighted by Crippen LogP contribution is -2.56. The molecule has 0 radical (unpaired) electrons. The first-order valence-electron chi connectivity index (χ1n) is 18.1. The van der Waals surface area contributed by atoms with E-state index in [2.05, 4.69) is 36.6 Å². The quantitative estimate of drug-likeness (QED) is 0.113. The first-order valence-corrected chi connectivity index (χ1v) is 18.1. The monoisotopic (exact) mass is 722 g/mol. The van der Waals surface area contributed by atoms with Crippen molar-refractivity contribution >= 4 is 29.0 Å². The zero-order valence-electron chi connectivity index (χ0n) is 31.6. The SMILES string of the molecule is CCOc1ccccc1NC(=O)C1C(=O)CC(C)(O)C(C(=O)Nc2ccccc2OCC)C1c1ccc(OCc2cc(C)c(C)cc2C)c(OCC)c1. The zero-order chi connectivity index (χ0) is 38.3. The van der Waals surface area contributed by atoms with Crippen molar-refractivity contribution in [1.29, 1.82) is 0 Å². The molecule has 0 bridgehead atoms. The minimum atomic E-state index is -1.83. The lowest BCUT2D eigenvalue weighted by molar-refractivity contribution is -0.150. The van der Waals surface area contributed by atoms with Crippen molar-refractivity contribution in [3.8, 4) is 23.0 Å². The molecule has 0 aliphatic heterocycles. The standard InChI is InChI=1S/C43H50N2O8/c1-8-50-34-17-13-11-15-31(34)44-41(47)39-33(46)24-43(7,49)40(42(48)45-32-16-12-14-18-35(32)51-9-2)38(39)29-19-20-36(37(23-29)52-10-3)53-25-30-22-27(5)26(4)21-28(30)6/h11-23,38-40,49H,8-10,24-25H2,1-7H3,(H,44,47)(H,45,48). The first-order chi connectivity index (χ1) is 25.4. The predicted molar refractivity (Wildman–Crippen MR) is 205 cm³/mol. The molecule has 0 aromatic heterocycles. The number of nitrogens with one attached hydrogen (secondary N) is 2. The zero-order valence-corrected chi connectivity index (χ0v) is 31.6. The van der Waals surface area contributed by atoms with E-state index in [0.717, 1.165) is 16.7 Å². The second-order valence-corrected chi connectivity index (χ2v) is 13.6. The average molecular weight is 723 g/mol. The Bertz CT molecular complexity index is 1950. The Labute approximate surface area is 311 Å². The molecule has 0 heterocycles. The van der Waals surface area contributed by atoms with Crippen molar-refractivity contribution in [2.75, 3.05) is 30.5 Å². The van der Waals surface area contributed by atoms with Crippen LogP contribution in [-0.4, -0.2) is 48.1 Å². The minimum Gasteiger partial charge on any atom is -0.492 e. The fraction of sp³-hybridized carbons (Fsp3) is 0.372. The number of carbonyl (C=O) groups excluding carboxylic acids is 3. The number of aryl methyl sites for hydroxylation is 3. The summed E-state index contributed by atoms with van der Waals surface area (Å²) in [6.45, 7) is 14.5. The molecule has 4 atom stereocenters. The van der Waals surface area contributed by atoms with Gasteiger partial charge in [-0.15, -0.1) is 0 Å². The molecule has 2 amide bonds.